The lowest BCUT2D eigenvalue weighted by Gasteiger charge is -2.11. The van der Waals surface area contributed by atoms with Gasteiger partial charge in [-0.05, 0) is 19.4 Å². The molecule has 2 atom stereocenters. The maximum atomic E-state index is 11.8. The molecule has 1 rings (SSSR count). The van der Waals surface area contributed by atoms with Crippen LogP contribution in [-0.4, -0.2) is 43.1 Å². The molecule has 0 radical (unpaired) electrons. The molecule has 0 amide bonds. The first-order valence-corrected chi connectivity index (χ1v) is 5.16. The van der Waals surface area contributed by atoms with Crippen molar-refractivity contribution in [1.82, 2.24) is 10.6 Å². The third-order valence-corrected chi connectivity index (χ3v) is 2.40. The molecule has 0 bridgehead atoms. The molecule has 1 heterocycles. The molecule has 3 N–H and O–H groups in total. The van der Waals surface area contributed by atoms with Gasteiger partial charge in [0.25, 0.3) is 0 Å². The fraction of sp³-hybridized carbons (Fsp3) is 1.00. The van der Waals surface area contributed by atoms with Crippen molar-refractivity contribution in [2.75, 3.05) is 19.6 Å². The summed E-state index contributed by atoms with van der Waals surface area (Å²) in [6.45, 7) is 1.57. The number of aliphatic hydroxyl groups excluding tert-OH is 1. The number of aliphatic hydroxyl groups is 1. The van der Waals surface area contributed by atoms with E-state index < -0.39 is 12.6 Å². The molecule has 2 unspecified atom stereocenters. The van der Waals surface area contributed by atoms with Crippen LogP contribution >= 0.6 is 0 Å². The average molecular weight is 226 g/mol. The molecule has 1 saturated heterocycles. The molecule has 15 heavy (non-hydrogen) atoms. The fourth-order valence-corrected chi connectivity index (χ4v) is 1.64. The molecule has 6 heteroatoms. The quantitative estimate of drug-likeness (QED) is 0.603. The van der Waals surface area contributed by atoms with Crippen LogP contribution in [0, 0.1) is 0 Å². The van der Waals surface area contributed by atoms with Crippen molar-refractivity contribution in [1.29, 1.82) is 0 Å². The second-order valence-corrected chi connectivity index (χ2v) is 3.92. The van der Waals surface area contributed by atoms with Crippen LogP contribution < -0.4 is 10.6 Å². The number of alkyl halides is 3. The third kappa shape index (κ3) is 5.96. The van der Waals surface area contributed by atoms with Gasteiger partial charge in [-0.15, -0.1) is 0 Å². The van der Waals surface area contributed by atoms with E-state index >= 15 is 0 Å². The van der Waals surface area contributed by atoms with Gasteiger partial charge in [0, 0.05) is 25.6 Å². The van der Waals surface area contributed by atoms with E-state index in [1.807, 2.05) is 0 Å². The van der Waals surface area contributed by atoms with Crippen LogP contribution in [0.3, 0.4) is 0 Å². The van der Waals surface area contributed by atoms with Gasteiger partial charge < -0.3 is 15.7 Å². The molecule has 0 spiro atoms. The van der Waals surface area contributed by atoms with E-state index in [-0.39, 0.29) is 18.6 Å². The zero-order chi connectivity index (χ0) is 11.3. The van der Waals surface area contributed by atoms with E-state index in [4.69, 9.17) is 5.11 Å². The number of halogens is 3. The number of rotatable bonds is 5. The smallest absolute Gasteiger partial charge is 0.389 e. The lowest BCUT2D eigenvalue weighted by molar-refractivity contribution is -0.135. The summed E-state index contributed by atoms with van der Waals surface area (Å²) in [6.07, 6.45) is -4.32. The predicted octanol–water partition coefficient (Wildman–Crippen LogP) is 0.641. The molecule has 0 saturated carbocycles. The van der Waals surface area contributed by atoms with E-state index in [2.05, 4.69) is 10.6 Å². The van der Waals surface area contributed by atoms with Crippen molar-refractivity contribution in [3.63, 3.8) is 0 Å². The summed E-state index contributed by atoms with van der Waals surface area (Å²) in [5, 5.41) is 15.2. The van der Waals surface area contributed by atoms with Gasteiger partial charge in [-0.2, -0.15) is 13.2 Å². The van der Waals surface area contributed by atoms with Crippen molar-refractivity contribution < 1.29 is 18.3 Å². The Kier molecular flexibility index (Phi) is 4.82. The van der Waals surface area contributed by atoms with Crippen LogP contribution in [0.1, 0.15) is 19.3 Å². The van der Waals surface area contributed by atoms with Crippen LogP contribution in [0.2, 0.25) is 0 Å². The maximum Gasteiger partial charge on any atom is 0.389 e. The molecule has 0 aromatic heterocycles. The molecular weight excluding hydrogens is 209 g/mol. The van der Waals surface area contributed by atoms with E-state index in [9.17, 15) is 13.2 Å². The molecule has 90 valence electrons. The van der Waals surface area contributed by atoms with Crippen LogP contribution in [0.4, 0.5) is 13.2 Å². The number of hydrogen-bond donors (Lipinski definition) is 3. The van der Waals surface area contributed by atoms with E-state index in [1.165, 1.54) is 0 Å². The minimum Gasteiger partial charge on any atom is -0.392 e. The average Bonchev–Trinajstić information content (AvgIpc) is 2.49. The van der Waals surface area contributed by atoms with Gasteiger partial charge in [0.1, 0.15) is 0 Å². The van der Waals surface area contributed by atoms with Crippen molar-refractivity contribution in [3.8, 4) is 0 Å². The highest BCUT2D eigenvalue weighted by Gasteiger charge is 2.26. The summed E-state index contributed by atoms with van der Waals surface area (Å²) in [6, 6.07) is 0.186. The van der Waals surface area contributed by atoms with Crippen molar-refractivity contribution in [2.45, 2.75) is 37.6 Å². The first kappa shape index (κ1) is 12.7. The first-order valence-electron chi connectivity index (χ1n) is 5.16. The highest BCUT2D eigenvalue weighted by molar-refractivity contribution is 4.82. The van der Waals surface area contributed by atoms with E-state index in [0.29, 0.717) is 26.1 Å². The van der Waals surface area contributed by atoms with Crippen molar-refractivity contribution >= 4 is 0 Å². The SMILES string of the molecule is OC1CNC(CNCCCC(F)(F)F)C1. The Labute approximate surface area is 87.0 Å². The second-order valence-electron chi connectivity index (χ2n) is 3.92. The normalized spacial score (nSPS) is 27.2. The lowest BCUT2D eigenvalue weighted by Crippen LogP contribution is -2.34. The highest BCUT2D eigenvalue weighted by Crippen LogP contribution is 2.20. The Morgan fingerprint density at radius 3 is 2.67 bits per heavy atom. The number of nitrogens with one attached hydrogen (secondary N) is 2. The maximum absolute atomic E-state index is 11.8. The molecule has 1 aliphatic rings. The molecule has 1 aliphatic heterocycles. The monoisotopic (exact) mass is 226 g/mol. The van der Waals surface area contributed by atoms with Gasteiger partial charge in [-0.25, -0.2) is 0 Å². The van der Waals surface area contributed by atoms with Gasteiger partial charge >= 0.3 is 6.18 Å². The fourth-order valence-electron chi connectivity index (χ4n) is 1.64. The minimum absolute atomic E-state index is 0.110. The number of hydrogen-bond acceptors (Lipinski definition) is 3. The Hall–Kier alpha value is -0.330. The zero-order valence-corrected chi connectivity index (χ0v) is 8.48. The van der Waals surface area contributed by atoms with Crippen molar-refractivity contribution in [3.05, 3.63) is 0 Å². The Balaban J connectivity index is 1.93. The summed E-state index contributed by atoms with van der Waals surface area (Å²) < 4.78 is 35.3. The Morgan fingerprint density at radius 1 is 1.40 bits per heavy atom. The second kappa shape index (κ2) is 5.67. The standard InChI is InChI=1S/C9H17F3N2O/c10-9(11,12)2-1-3-13-5-7-4-8(15)6-14-7/h7-8,13-15H,1-6H2. The van der Waals surface area contributed by atoms with Crippen molar-refractivity contribution in [2.24, 2.45) is 0 Å². The largest absolute Gasteiger partial charge is 0.392 e. The van der Waals surface area contributed by atoms with E-state index in [1.54, 1.807) is 0 Å². The summed E-state index contributed by atoms with van der Waals surface area (Å²) in [5.74, 6) is 0. The Bertz CT molecular complexity index is 187. The van der Waals surface area contributed by atoms with E-state index in [0.717, 1.165) is 0 Å². The van der Waals surface area contributed by atoms with Crippen LogP contribution in [0.25, 0.3) is 0 Å². The predicted molar refractivity (Wildman–Crippen MR) is 50.6 cm³/mol. The molecule has 1 fully saturated rings. The molecule has 0 aromatic rings. The Morgan fingerprint density at radius 2 is 2.13 bits per heavy atom. The van der Waals surface area contributed by atoms with Gasteiger partial charge in [-0.3, -0.25) is 0 Å². The minimum atomic E-state index is -4.05. The molecule has 0 aliphatic carbocycles. The lowest BCUT2D eigenvalue weighted by atomic mass is 10.2. The molecule has 3 nitrogen and oxygen atoms in total. The summed E-state index contributed by atoms with van der Waals surface area (Å²) in [4.78, 5) is 0. The summed E-state index contributed by atoms with van der Waals surface area (Å²) in [5.41, 5.74) is 0. The number of β-amino-alcohol motifs (C(OH)–C–C–N with tert-alkyl or cyclic N) is 1. The zero-order valence-electron chi connectivity index (χ0n) is 8.48. The molecular formula is C9H17F3N2O. The van der Waals surface area contributed by atoms with Gasteiger partial charge in [0.2, 0.25) is 0 Å². The third-order valence-electron chi connectivity index (χ3n) is 2.40. The molecule has 0 aromatic carbocycles. The summed E-state index contributed by atoms with van der Waals surface area (Å²) in [7, 11) is 0. The summed E-state index contributed by atoms with van der Waals surface area (Å²) >= 11 is 0. The first-order chi connectivity index (χ1) is 6.97. The van der Waals surface area contributed by atoms with Gasteiger partial charge in [0.05, 0.1) is 6.10 Å². The van der Waals surface area contributed by atoms with Gasteiger partial charge in [-0.1, -0.05) is 0 Å². The van der Waals surface area contributed by atoms with Crippen LogP contribution in [-0.2, 0) is 0 Å². The highest BCUT2D eigenvalue weighted by atomic mass is 19.4. The topological polar surface area (TPSA) is 44.3 Å². The van der Waals surface area contributed by atoms with Gasteiger partial charge in [0.15, 0.2) is 0 Å². The van der Waals surface area contributed by atoms with Crippen LogP contribution in [0.15, 0.2) is 0 Å². The van der Waals surface area contributed by atoms with Crippen LogP contribution in [0.5, 0.6) is 0 Å².